The SMILES string of the molecule is N#Cc1ccnc(NC2CCN(c3ccc(CN4CCC(O)(c5ccc6c(c5)CN(C5CCC(=O)NC5=O)C6=O)CC4)cc3)CC2)n1. The van der Waals surface area contributed by atoms with Gasteiger partial charge in [-0.15, -0.1) is 0 Å². The average Bonchev–Trinajstić information content (AvgIpc) is 3.42. The van der Waals surface area contributed by atoms with Crippen LogP contribution in [0.25, 0.3) is 0 Å². The average molecular weight is 635 g/mol. The van der Waals surface area contributed by atoms with Crippen molar-refractivity contribution in [2.24, 2.45) is 0 Å². The van der Waals surface area contributed by atoms with E-state index in [1.54, 1.807) is 23.2 Å². The minimum absolute atomic E-state index is 0.204. The molecule has 0 saturated carbocycles. The quantitative estimate of drug-likeness (QED) is 0.331. The van der Waals surface area contributed by atoms with E-state index in [4.69, 9.17) is 5.26 Å². The number of amides is 3. The van der Waals surface area contributed by atoms with Crippen molar-refractivity contribution < 1.29 is 19.5 Å². The fraction of sp³-hybridized carbons (Fsp3) is 0.429. The summed E-state index contributed by atoms with van der Waals surface area (Å²) in [5.74, 6) is -0.427. The lowest BCUT2D eigenvalue weighted by molar-refractivity contribution is -0.136. The number of hydrogen-bond donors (Lipinski definition) is 3. The summed E-state index contributed by atoms with van der Waals surface area (Å²) in [6.07, 6.45) is 5.24. The van der Waals surface area contributed by atoms with Crippen LogP contribution in [-0.4, -0.2) is 80.9 Å². The van der Waals surface area contributed by atoms with Crippen LogP contribution in [0.1, 0.15) is 71.3 Å². The fourth-order valence-corrected chi connectivity index (χ4v) is 7.26. The first-order valence-electron chi connectivity index (χ1n) is 16.3. The zero-order valence-electron chi connectivity index (χ0n) is 26.2. The van der Waals surface area contributed by atoms with Crippen LogP contribution in [0.2, 0.25) is 0 Å². The molecule has 3 aromatic rings. The molecule has 47 heavy (non-hydrogen) atoms. The van der Waals surface area contributed by atoms with Crippen molar-refractivity contribution in [3.05, 3.63) is 82.7 Å². The minimum Gasteiger partial charge on any atom is -0.385 e. The molecule has 3 fully saturated rings. The third-order valence-corrected chi connectivity index (χ3v) is 10.1. The maximum Gasteiger partial charge on any atom is 0.255 e. The normalized spacial score (nSPS) is 21.7. The summed E-state index contributed by atoms with van der Waals surface area (Å²) in [6.45, 7) is 4.45. The second-order valence-corrected chi connectivity index (χ2v) is 13.0. The van der Waals surface area contributed by atoms with E-state index in [0.717, 1.165) is 56.7 Å². The van der Waals surface area contributed by atoms with Gasteiger partial charge >= 0.3 is 0 Å². The van der Waals surface area contributed by atoms with Crippen LogP contribution >= 0.6 is 0 Å². The first kappa shape index (κ1) is 30.8. The smallest absolute Gasteiger partial charge is 0.255 e. The lowest BCUT2D eigenvalue weighted by atomic mass is 9.83. The van der Waals surface area contributed by atoms with Crippen molar-refractivity contribution in [2.45, 2.75) is 69.3 Å². The molecule has 3 amide bonds. The number of rotatable bonds is 7. The van der Waals surface area contributed by atoms with Gasteiger partial charge in [0.1, 0.15) is 17.8 Å². The Balaban J connectivity index is 0.901. The van der Waals surface area contributed by atoms with Gasteiger partial charge in [0.2, 0.25) is 17.8 Å². The second kappa shape index (κ2) is 12.7. The van der Waals surface area contributed by atoms with Gasteiger partial charge in [-0.25, -0.2) is 9.97 Å². The number of carbonyl (C=O) groups is 3. The number of nitrogens with zero attached hydrogens (tertiary/aromatic N) is 6. The summed E-state index contributed by atoms with van der Waals surface area (Å²) in [6, 6.07) is 17.6. The van der Waals surface area contributed by atoms with Gasteiger partial charge in [0.15, 0.2) is 0 Å². The zero-order chi connectivity index (χ0) is 32.5. The molecule has 0 spiro atoms. The molecule has 4 aliphatic rings. The van der Waals surface area contributed by atoms with Crippen LogP contribution in [-0.2, 0) is 28.3 Å². The Kier molecular flexibility index (Phi) is 8.34. The Bertz CT molecular complexity index is 1720. The minimum atomic E-state index is -0.980. The van der Waals surface area contributed by atoms with E-state index < -0.39 is 17.6 Å². The number of likely N-dealkylation sites (tertiary alicyclic amines) is 1. The van der Waals surface area contributed by atoms with Crippen LogP contribution < -0.4 is 15.5 Å². The van der Waals surface area contributed by atoms with Gasteiger partial charge < -0.3 is 20.2 Å². The van der Waals surface area contributed by atoms with Gasteiger partial charge in [-0.3, -0.25) is 24.6 Å². The standard InChI is InChI=1S/C35H38N8O4/c36-20-27-9-14-37-34(39-27)38-26-10-15-42(16-11-26)28-4-1-23(2-5-28)21-41-17-12-35(47,13-18-41)25-3-6-29-24(19-25)22-43(33(29)46)30-7-8-31(44)40-32(30)45/h1-6,9,14,19,26,30,47H,7-8,10-13,15-18,21-22H2,(H,37,38,39)(H,40,44,45). The zero-order valence-corrected chi connectivity index (χ0v) is 26.2. The van der Waals surface area contributed by atoms with E-state index in [9.17, 15) is 19.5 Å². The Hall–Kier alpha value is -4.86. The number of fused-ring (bicyclic) bond motifs is 1. The number of imide groups is 1. The molecule has 242 valence electrons. The molecule has 0 bridgehead atoms. The molecule has 3 N–H and O–H groups in total. The molecular weight excluding hydrogens is 596 g/mol. The summed E-state index contributed by atoms with van der Waals surface area (Å²) >= 11 is 0. The molecule has 0 aliphatic carbocycles. The number of aliphatic hydroxyl groups is 1. The first-order chi connectivity index (χ1) is 22.8. The monoisotopic (exact) mass is 634 g/mol. The maximum atomic E-state index is 13.1. The number of nitrogens with one attached hydrogen (secondary N) is 2. The highest BCUT2D eigenvalue weighted by Gasteiger charge is 2.41. The maximum absolute atomic E-state index is 13.1. The molecule has 0 radical (unpaired) electrons. The summed E-state index contributed by atoms with van der Waals surface area (Å²) in [4.78, 5) is 51.8. The molecule has 3 saturated heterocycles. The largest absolute Gasteiger partial charge is 0.385 e. The molecule has 12 heteroatoms. The van der Waals surface area contributed by atoms with Gasteiger partial charge in [-0.1, -0.05) is 24.3 Å². The van der Waals surface area contributed by atoms with Crippen molar-refractivity contribution in [3.63, 3.8) is 0 Å². The van der Waals surface area contributed by atoms with Gasteiger partial charge in [-0.2, -0.15) is 5.26 Å². The van der Waals surface area contributed by atoms with E-state index in [2.05, 4.69) is 60.7 Å². The van der Waals surface area contributed by atoms with Gasteiger partial charge in [0.25, 0.3) is 5.91 Å². The second-order valence-electron chi connectivity index (χ2n) is 13.0. The summed E-state index contributed by atoms with van der Waals surface area (Å²) in [5.41, 5.74) is 3.99. The van der Waals surface area contributed by atoms with E-state index in [1.165, 1.54) is 11.3 Å². The van der Waals surface area contributed by atoms with E-state index in [0.29, 0.717) is 43.0 Å². The summed E-state index contributed by atoms with van der Waals surface area (Å²) < 4.78 is 0. The van der Waals surface area contributed by atoms with E-state index >= 15 is 0 Å². The first-order valence-corrected chi connectivity index (χ1v) is 16.3. The molecule has 4 aliphatic heterocycles. The lowest BCUT2D eigenvalue weighted by Gasteiger charge is -2.39. The summed E-state index contributed by atoms with van der Waals surface area (Å²) in [5, 5.41) is 26.4. The molecular formula is C35H38N8O4. The third-order valence-electron chi connectivity index (χ3n) is 10.1. The molecule has 1 aromatic heterocycles. The van der Waals surface area contributed by atoms with Gasteiger partial charge in [0, 0.05) is 69.2 Å². The predicted molar refractivity (Wildman–Crippen MR) is 173 cm³/mol. The Morgan fingerprint density at radius 3 is 2.49 bits per heavy atom. The molecule has 1 unspecified atom stereocenters. The van der Waals surface area contributed by atoms with Crippen molar-refractivity contribution in [3.8, 4) is 6.07 Å². The predicted octanol–water partition coefficient (Wildman–Crippen LogP) is 2.67. The number of benzene rings is 2. The molecule has 2 aromatic carbocycles. The van der Waals surface area contributed by atoms with Crippen molar-refractivity contribution >= 4 is 29.4 Å². The Labute approximate surface area is 273 Å². The van der Waals surface area contributed by atoms with Gasteiger partial charge in [-0.05, 0) is 73.1 Å². The van der Waals surface area contributed by atoms with Crippen LogP contribution in [0.3, 0.4) is 0 Å². The Morgan fingerprint density at radius 2 is 1.77 bits per heavy atom. The number of anilines is 2. The molecule has 12 nitrogen and oxygen atoms in total. The number of carbonyl (C=O) groups excluding carboxylic acids is 3. The molecule has 7 rings (SSSR count). The van der Waals surface area contributed by atoms with E-state index in [-0.39, 0.29) is 24.3 Å². The Morgan fingerprint density at radius 1 is 1.00 bits per heavy atom. The van der Waals surface area contributed by atoms with Crippen LogP contribution in [0.15, 0.2) is 54.7 Å². The lowest BCUT2D eigenvalue weighted by Crippen LogP contribution is -2.52. The number of aromatic nitrogens is 2. The highest BCUT2D eigenvalue weighted by Crippen LogP contribution is 2.37. The molecule has 5 heterocycles. The highest BCUT2D eigenvalue weighted by atomic mass is 16.3. The summed E-state index contributed by atoms with van der Waals surface area (Å²) in [7, 11) is 0. The molecule has 1 atom stereocenters. The van der Waals surface area contributed by atoms with E-state index in [1.807, 2.05) is 12.1 Å². The number of nitriles is 1. The fourth-order valence-electron chi connectivity index (χ4n) is 7.26. The number of piperidine rings is 3. The van der Waals surface area contributed by atoms with Crippen molar-refractivity contribution in [1.29, 1.82) is 5.26 Å². The highest BCUT2D eigenvalue weighted by molar-refractivity contribution is 6.05. The number of hydrogen-bond acceptors (Lipinski definition) is 10. The van der Waals surface area contributed by atoms with Crippen molar-refractivity contribution in [2.75, 3.05) is 36.4 Å². The van der Waals surface area contributed by atoms with Gasteiger partial charge in [0.05, 0.1) is 5.60 Å². The van der Waals surface area contributed by atoms with Crippen LogP contribution in [0, 0.1) is 11.3 Å². The van der Waals surface area contributed by atoms with Crippen LogP contribution in [0.4, 0.5) is 11.6 Å². The third kappa shape index (κ3) is 6.41. The topological polar surface area (TPSA) is 155 Å². The van der Waals surface area contributed by atoms with Crippen molar-refractivity contribution in [1.82, 2.24) is 25.1 Å². The van der Waals surface area contributed by atoms with Crippen LogP contribution in [0.5, 0.6) is 0 Å².